The first kappa shape index (κ1) is 25.9. The van der Waals surface area contributed by atoms with Crippen molar-refractivity contribution in [3.05, 3.63) is 53.6 Å². The van der Waals surface area contributed by atoms with Gasteiger partial charge < -0.3 is 24.1 Å². The molecule has 0 aliphatic carbocycles. The van der Waals surface area contributed by atoms with Crippen LogP contribution >= 0.6 is 12.4 Å². The zero-order valence-electron chi connectivity index (χ0n) is 18.6. The lowest BCUT2D eigenvalue weighted by molar-refractivity contribution is 0.00465. The van der Waals surface area contributed by atoms with E-state index in [4.69, 9.17) is 18.9 Å². The molecule has 1 aliphatic rings. The first-order valence-electron chi connectivity index (χ1n) is 10.5. The Balaban J connectivity index is 0.00000363. The van der Waals surface area contributed by atoms with E-state index < -0.39 is 6.10 Å². The number of benzene rings is 2. The molecular weight excluding hydrogens is 434 g/mol. The summed E-state index contributed by atoms with van der Waals surface area (Å²) in [7, 11) is 3.12. The molecule has 0 amide bonds. The number of rotatable bonds is 11. The van der Waals surface area contributed by atoms with Crippen molar-refractivity contribution in [2.75, 3.05) is 53.7 Å². The van der Waals surface area contributed by atoms with Crippen LogP contribution < -0.4 is 14.2 Å². The van der Waals surface area contributed by atoms with E-state index in [2.05, 4.69) is 4.90 Å². The summed E-state index contributed by atoms with van der Waals surface area (Å²) in [5.41, 5.74) is 1.60. The number of hydrogen-bond acceptors (Lipinski definition) is 7. The molecule has 0 spiro atoms. The van der Waals surface area contributed by atoms with Crippen LogP contribution in [0.25, 0.3) is 0 Å². The highest BCUT2D eigenvalue weighted by Crippen LogP contribution is 2.28. The molecule has 2 aromatic rings. The zero-order chi connectivity index (χ0) is 22.1. The van der Waals surface area contributed by atoms with Gasteiger partial charge in [-0.1, -0.05) is 12.1 Å². The molecule has 0 bridgehead atoms. The van der Waals surface area contributed by atoms with Gasteiger partial charge in [0, 0.05) is 31.6 Å². The maximum Gasteiger partial charge on any atom is 0.163 e. The molecule has 1 N–H and O–H groups in total. The number of Topliss-reactive ketones (excluding diaryl/α,β-unsaturated/α-hetero) is 1. The summed E-state index contributed by atoms with van der Waals surface area (Å²) >= 11 is 0. The molecule has 3 rings (SSSR count). The van der Waals surface area contributed by atoms with Gasteiger partial charge in [-0.2, -0.15) is 0 Å². The molecule has 1 heterocycles. The summed E-state index contributed by atoms with van der Waals surface area (Å²) in [4.78, 5) is 14.8. The van der Waals surface area contributed by atoms with E-state index in [1.807, 2.05) is 24.3 Å². The van der Waals surface area contributed by atoms with E-state index in [-0.39, 0.29) is 24.8 Å². The average Bonchev–Trinajstić information content (AvgIpc) is 2.81. The second kappa shape index (κ2) is 13.3. The number of nitrogens with zero attached hydrogens (tertiary/aromatic N) is 1. The topological polar surface area (TPSA) is 77.5 Å². The maximum atomic E-state index is 12.6. The van der Waals surface area contributed by atoms with Crippen LogP contribution in [-0.2, 0) is 11.2 Å². The Morgan fingerprint density at radius 1 is 1.09 bits per heavy atom. The number of methoxy groups -OCH3 is 2. The summed E-state index contributed by atoms with van der Waals surface area (Å²) in [6.45, 7) is 3.88. The molecule has 0 radical (unpaired) electrons. The van der Waals surface area contributed by atoms with Crippen molar-refractivity contribution in [1.82, 2.24) is 4.90 Å². The predicted molar refractivity (Wildman–Crippen MR) is 125 cm³/mol. The van der Waals surface area contributed by atoms with Gasteiger partial charge in [-0.05, 0) is 42.3 Å². The molecule has 1 unspecified atom stereocenters. The number of β-amino-alcohol motifs (C(OH)–C–C–N with tert-alkyl or cyclic N) is 1. The van der Waals surface area contributed by atoms with E-state index in [9.17, 15) is 9.90 Å². The van der Waals surface area contributed by atoms with E-state index in [1.165, 1.54) is 0 Å². The Bertz CT molecular complexity index is 856. The third-order valence-electron chi connectivity index (χ3n) is 5.26. The Morgan fingerprint density at radius 2 is 1.84 bits per heavy atom. The van der Waals surface area contributed by atoms with Crippen LogP contribution in [0, 0.1) is 0 Å². The Hall–Kier alpha value is -2.32. The lowest BCUT2D eigenvalue weighted by Gasteiger charge is -2.28. The summed E-state index contributed by atoms with van der Waals surface area (Å²) in [5.74, 6) is 1.87. The summed E-state index contributed by atoms with van der Waals surface area (Å²) in [6, 6.07) is 12.8. The fourth-order valence-electron chi connectivity index (χ4n) is 3.53. The highest BCUT2D eigenvalue weighted by atomic mass is 35.5. The van der Waals surface area contributed by atoms with Crippen molar-refractivity contribution in [2.24, 2.45) is 0 Å². The molecule has 1 fully saturated rings. The first-order valence-corrected chi connectivity index (χ1v) is 10.5. The lowest BCUT2D eigenvalue weighted by Crippen LogP contribution is -2.42. The number of aryl methyl sites for hydroxylation is 1. The number of hydrogen-bond donors (Lipinski definition) is 1. The van der Waals surface area contributed by atoms with Crippen molar-refractivity contribution in [3.63, 3.8) is 0 Å². The van der Waals surface area contributed by atoms with Crippen LogP contribution in [0.2, 0.25) is 0 Å². The fraction of sp³-hybridized carbons (Fsp3) is 0.458. The van der Waals surface area contributed by atoms with Gasteiger partial charge in [0.25, 0.3) is 0 Å². The van der Waals surface area contributed by atoms with Crippen LogP contribution in [0.4, 0.5) is 0 Å². The molecular formula is C24H32ClNO6. The first-order chi connectivity index (χ1) is 15.1. The SMILES string of the molecule is COc1ccc(C(=O)CCc2cccc(OCC(O)CN3CCOCC3)c2)cc1OC.Cl. The molecule has 1 atom stereocenters. The monoisotopic (exact) mass is 465 g/mol. The Labute approximate surface area is 195 Å². The highest BCUT2D eigenvalue weighted by molar-refractivity contribution is 5.96. The summed E-state index contributed by atoms with van der Waals surface area (Å²) in [5, 5.41) is 10.2. The zero-order valence-corrected chi connectivity index (χ0v) is 19.4. The smallest absolute Gasteiger partial charge is 0.163 e. The van der Waals surface area contributed by atoms with Crippen molar-refractivity contribution in [2.45, 2.75) is 18.9 Å². The number of ketones is 1. The van der Waals surface area contributed by atoms with Gasteiger partial charge in [0.2, 0.25) is 0 Å². The maximum absolute atomic E-state index is 12.6. The van der Waals surface area contributed by atoms with Crippen molar-refractivity contribution in [3.8, 4) is 17.2 Å². The number of carbonyl (C=O) groups is 1. The normalized spacial score (nSPS) is 14.8. The van der Waals surface area contributed by atoms with Gasteiger partial charge in [0.05, 0.1) is 27.4 Å². The molecule has 32 heavy (non-hydrogen) atoms. The number of morpholine rings is 1. The average molecular weight is 466 g/mol. The fourth-order valence-corrected chi connectivity index (χ4v) is 3.53. The molecule has 8 heteroatoms. The van der Waals surface area contributed by atoms with Crippen LogP contribution in [0.1, 0.15) is 22.3 Å². The molecule has 0 aromatic heterocycles. The second-order valence-corrected chi connectivity index (χ2v) is 7.52. The van der Waals surface area contributed by atoms with Crippen LogP contribution in [0.3, 0.4) is 0 Å². The Kier molecular flexibility index (Phi) is 10.8. The van der Waals surface area contributed by atoms with Gasteiger partial charge in [-0.15, -0.1) is 12.4 Å². The molecule has 2 aromatic carbocycles. The largest absolute Gasteiger partial charge is 0.493 e. The van der Waals surface area contributed by atoms with Crippen molar-refractivity contribution >= 4 is 18.2 Å². The van der Waals surface area contributed by atoms with E-state index >= 15 is 0 Å². The van der Waals surface area contributed by atoms with Crippen molar-refractivity contribution < 1.29 is 28.8 Å². The Morgan fingerprint density at radius 3 is 2.56 bits per heavy atom. The van der Waals surface area contributed by atoms with Gasteiger partial charge in [0.15, 0.2) is 17.3 Å². The number of carbonyl (C=O) groups excluding carboxylic acids is 1. The molecule has 1 saturated heterocycles. The van der Waals surface area contributed by atoms with Crippen molar-refractivity contribution in [1.29, 1.82) is 0 Å². The van der Waals surface area contributed by atoms with Gasteiger partial charge >= 0.3 is 0 Å². The highest BCUT2D eigenvalue weighted by Gasteiger charge is 2.15. The molecule has 176 valence electrons. The van der Waals surface area contributed by atoms with E-state index in [0.29, 0.717) is 55.4 Å². The number of aliphatic hydroxyl groups is 1. The minimum Gasteiger partial charge on any atom is -0.493 e. The second-order valence-electron chi connectivity index (χ2n) is 7.52. The van der Waals surface area contributed by atoms with E-state index in [1.54, 1.807) is 32.4 Å². The van der Waals surface area contributed by atoms with Crippen LogP contribution in [0.15, 0.2) is 42.5 Å². The lowest BCUT2D eigenvalue weighted by atomic mass is 10.0. The third-order valence-corrected chi connectivity index (χ3v) is 5.26. The standard InChI is InChI=1S/C24H31NO6.ClH/c1-28-23-9-7-19(15-24(23)29-2)22(27)8-6-18-4-3-5-21(14-18)31-17-20(26)16-25-10-12-30-13-11-25;/h3-5,7,9,14-15,20,26H,6,8,10-13,16-17H2,1-2H3;1H. The molecule has 0 saturated carbocycles. The summed E-state index contributed by atoms with van der Waals surface area (Å²) < 4.78 is 21.6. The number of aliphatic hydroxyl groups excluding tert-OH is 1. The molecule has 1 aliphatic heterocycles. The van der Waals surface area contributed by atoms with E-state index in [0.717, 1.165) is 18.7 Å². The number of ether oxygens (including phenoxy) is 4. The predicted octanol–water partition coefficient (Wildman–Crippen LogP) is 3.01. The van der Waals surface area contributed by atoms with Gasteiger partial charge in [-0.25, -0.2) is 0 Å². The summed E-state index contributed by atoms with van der Waals surface area (Å²) in [6.07, 6.45) is 0.410. The molecule has 7 nitrogen and oxygen atoms in total. The van der Waals surface area contributed by atoms with Gasteiger partial charge in [0.1, 0.15) is 18.5 Å². The van der Waals surface area contributed by atoms with Crippen LogP contribution in [0.5, 0.6) is 17.2 Å². The van der Waals surface area contributed by atoms with Gasteiger partial charge in [-0.3, -0.25) is 9.69 Å². The minimum atomic E-state index is -0.562. The minimum absolute atomic E-state index is 0. The number of halogens is 1. The third kappa shape index (κ3) is 7.67. The quantitative estimate of drug-likeness (QED) is 0.511. The van der Waals surface area contributed by atoms with Crippen LogP contribution in [-0.4, -0.2) is 75.6 Å².